The first-order valence-electron chi connectivity index (χ1n) is 6.72. The first-order chi connectivity index (χ1) is 9.17. The third-order valence-electron chi connectivity index (χ3n) is 4.12. The highest BCUT2D eigenvalue weighted by Crippen LogP contribution is 2.33. The van der Waals surface area contributed by atoms with Crippen molar-refractivity contribution in [2.45, 2.75) is 32.4 Å². The van der Waals surface area contributed by atoms with E-state index in [1.165, 1.54) is 0 Å². The van der Waals surface area contributed by atoms with Crippen LogP contribution in [0.3, 0.4) is 0 Å². The summed E-state index contributed by atoms with van der Waals surface area (Å²) >= 11 is 0. The van der Waals surface area contributed by atoms with Gasteiger partial charge in [0.2, 0.25) is 0 Å². The molecule has 5 nitrogen and oxygen atoms in total. The highest BCUT2D eigenvalue weighted by Gasteiger charge is 2.37. The van der Waals surface area contributed by atoms with Gasteiger partial charge in [0.1, 0.15) is 5.69 Å². The maximum Gasteiger partial charge on any atom is 0.271 e. The predicted molar refractivity (Wildman–Crippen MR) is 70.4 cm³/mol. The first kappa shape index (κ1) is 12.4. The summed E-state index contributed by atoms with van der Waals surface area (Å²) in [6.45, 7) is 3.61. The number of likely N-dealkylation sites (N-methyl/N-ethyl adjacent to an activating group) is 1. The highest BCUT2D eigenvalue weighted by atomic mass is 16.5. The minimum atomic E-state index is -0.0740. The number of nitrogens with zero attached hydrogens (tertiary/aromatic N) is 2. The zero-order chi connectivity index (χ0) is 13.6. The van der Waals surface area contributed by atoms with Crippen LogP contribution in [0, 0.1) is 0 Å². The molecule has 0 N–H and O–H groups in total. The standard InChI is InChI=1S/C14H18N2O3/c1-3-15-7-10-5-4-9-6-12(17)11(8-19-2)13(14(15)18)16(9)10/h6,10H,3-5,7-8H2,1-2H3/t10-/m1/s1. The van der Waals surface area contributed by atoms with E-state index in [1.54, 1.807) is 13.2 Å². The van der Waals surface area contributed by atoms with E-state index in [0.717, 1.165) is 25.1 Å². The molecule has 0 aromatic carbocycles. The van der Waals surface area contributed by atoms with Crippen molar-refractivity contribution in [1.29, 1.82) is 0 Å². The van der Waals surface area contributed by atoms with Gasteiger partial charge in [-0.15, -0.1) is 0 Å². The van der Waals surface area contributed by atoms with Crippen LogP contribution in [0.1, 0.15) is 41.1 Å². The van der Waals surface area contributed by atoms with Gasteiger partial charge in [-0.1, -0.05) is 0 Å². The summed E-state index contributed by atoms with van der Waals surface area (Å²) in [5.41, 5.74) is 1.98. The smallest absolute Gasteiger partial charge is 0.271 e. The number of hydrogen-bond donors (Lipinski definition) is 0. The number of amides is 1. The Kier molecular flexibility index (Phi) is 2.93. The quantitative estimate of drug-likeness (QED) is 0.815. The number of methoxy groups -OCH3 is 1. The number of carbonyl (C=O) groups is 1. The number of hydrogen-bond acceptors (Lipinski definition) is 3. The van der Waals surface area contributed by atoms with Crippen LogP contribution in [0.5, 0.6) is 0 Å². The Labute approximate surface area is 111 Å². The minimum Gasteiger partial charge on any atom is -0.380 e. The molecule has 2 aliphatic rings. The van der Waals surface area contributed by atoms with Gasteiger partial charge >= 0.3 is 0 Å². The molecule has 1 atom stereocenters. The van der Waals surface area contributed by atoms with Crippen molar-refractivity contribution in [3.8, 4) is 0 Å². The molecule has 1 amide bonds. The van der Waals surface area contributed by atoms with E-state index in [2.05, 4.69) is 4.57 Å². The monoisotopic (exact) mass is 262 g/mol. The average molecular weight is 262 g/mol. The summed E-state index contributed by atoms with van der Waals surface area (Å²) in [5, 5.41) is 0. The molecule has 3 heterocycles. The lowest BCUT2D eigenvalue weighted by molar-refractivity contribution is 0.0675. The van der Waals surface area contributed by atoms with Crippen LogP contribution in [0.25, 0.3) is 0 Å². The molecule has 0 fully saturated rings. The van der Waals surface area contributed by atoms with E-state index >= 15 is 0 Å². The highest BCUT2D eigenvalue weighted by molar-refractivity contribution is 5.95. The third-order valence-corrected chi connectivity index (χ3v) is 4.12. The Bertz CT molecular complexity index is 591. The van der Waals surface area contributed by atoms with Gasteiger partial charge in [0.05, 0.1) is 18.2 Å². The van der Waals surface area contributed by atoms with E-state index in [0.29, 0.717) is 23.8 Å². The van der Waals surface area contributed by atoms with Gasteiger partial charge in [-0.05, 0) is 19.8 Å². The molecule has 0 radical (unpaired) electrons. The molecule has 1 aromatic heterocycles. The fourth-order valence-electron chi connectivity index (χ4n) is 3.22. The van der Waals surface area contributed by atoms with Crippen molar-refractivity contribution < 1.29 is 9.53 Å². The molecule has 0 aliphatic carbocycles. The summed E-state index contributed by atoms with van der Waals surface area (Å²) in [6.07, 6.45) is 1.89. The Morgan fingerprint density at radius 1 is 1.42 bits per heavy atom. The number of ether oxygens (including phenoxy) is 1. The van der Waals surface area contributed by atoms with Crippen LogP contribution in [-0.2, 0) is 17.8 Å². The van der Waals surface area contributed by atoms with E-state index in [1.807, 2.05) is 11.8 Å². The van der Waals surface area contributed by atoms with Crippen LogP contribution < -0.4 is 5.43 Å². The molecule has 0 spiro atoms. The maximum atomic E-state index is 12.5. The van der Waals surface area contributed by atoms with Crippen molar-refractivity contribution in [1.82, 2.24) is 9.47 Å². The molecule has 1 aromatic rings. The molecule has 0 unspecified atom stereocenters. The topological polar surface area (TPSA) is 51.5 Å². The average Bonchev–Trinajstić information content (AvgIpc) is 2.79. The number of pyridine rings is 1. The zero-order valence-corrected chi connectivity index (χ0v) is 11.3. The molecular formula is C14H18N2O3. The summed E-state index contributed by atoms with van der Waals surface area (Å²) < 4.78 is 7.18. The molecule has 2 aliphatic heterocycles. The number of carbonyl (C=O) groups excluding carboxylic acids is 1. The van der Waals surface area contributed by atoms with Crippen molar-refractivity contribution in [3.63, 3.8) is 0 Å². The number of aromatic nitrogens is 1. The Balaban J connectivity index is 2.24. The molecule has 0 bridgehead atoms. The second kappa shape index (κ2) is 4.49. The molecule has 0 saturated carbocycles. The zero-order valence-electron chi connectivity index (χ0n) is 11.3. The second-order valence-electron chi connectivity index (χ2n) is 5.17. The lowest BCUT2D eigenvalue weighted by atomic mass is 10.1. The first-order valence-corrected chi connectivity index (χ1v) is 6.72. The fraction of sp³-hybridized carbons (Fsp3) is 0.571. The Morgan fingerprint density at radius 2 is 2.21 bits per heavy atom. The van der Waals surface area contributed by atoms with E-state index in [9.17, 15) is 9.59 Å². The fourth-order valence-corrected chi connectivity index (χ4v) is 3.22. The normalized spacial score (nSPS) is 20.8. The van der Waals surface area contributed by atoms with Crippen molar-refractivity contribution in [2.24, 2.45) is 0 Å². The lowest BCUT2D eigenvalue weighted by Gasteiger charge is -2.34. The molecule has 102 valence electrons. The Hall–Kier alpha value is -1.62. The van der Waals surface area contributed by atoms with E-state index < -0.39 is 0 Å². The van der Waals surface area contributed by atoms with Gasteiger partial charge in [-0.25, -0.2) is 0 Å². The van der Waals surface area contributed by atoms with E-state index in [4.69, 9.17) is 4.74 Å². The van der Waals surface area contributed by atoms with Crippen LogP contribution >= 0.6 is 0 Å². The van der Waals surface area contributed by atoms with Crippen LogP contribution in [0.2, 0.25) is 0 Å². The largest absolute Gasteiger partial charge is 0.380 e. The van der Waals surface area contributed by atoms with Gasteiger partial charge in [0.25, 0.3) is 5.91 Å². The minimum absolute atomic E-state index is 0.0355. The molecule has 0 saturated heterocycles. The van der Waals surface area contributed by atoms with Crippen molar-refractivity contribution in [3.05, 3.63) is 33.2 Å². The van der Waals surface area contributed by atoms with Gasteiger partial charge in [-0.3, -0.25) is 9.59 Å². The summed E-state index contributed by atoms with van der Waals surface area (Å²) in [6, 6.07) is 1.99. The van der Waals surface area contributed by atoms with Crippen LogP contribution in [0.4, 0.5) is 0 Å². The third kappa shape index (κ3) is 1.72. The second-order valence-corrected chi connectivity index (χ2v) is 5.17. The lowest BCUT2D eigenvalue weighted by Crippen LogP contribution is -2.44. The molecular weight excluding hydrogens is 244 g/mol. The Morgan fingerprint density at radius 3 is 2.89 bits per heavy atom. The SMILES string of the molecule is CCN1C[C@H]2CCc3cc(=O)c(COC)c(n32)C1=O. The summed E-state index contributed by atoms with van der Waals surface area (Å²) in [4.78, 5) is 26.5. The maximum absolute atomic E-state index is 12.5. The molecule has 19 heavy (non-hydrogen) atoms. The van der Waals surface area contributed by atoms with Gasteiger partial charge in [0, 0.05) is 32.0 Å². The predicted octanol–water partition coefficient (Wildman–Crippen LogP) is 0.958. The van der Waals surface area contributed by atoms with Crippen LogP contribution in [-0.4, -0.2) is 35.6 Å². The van der Waals surface area contributed by atoms with Gasteiger partial charge in [0.15, 0.2) is 5.43 Å². The molecule has 5 heteroatoms. The number of aryl methyl sites for hydroxylation is 1. The van der Waals surface area contributed by atoms with E-state index in [-0.39, 0.29) is 17.9 Å². The van der Waals surface area contributed by atoms with Crippen molar-refractivity contribution >= 4 is 5.91 Å². The van der Waals surface area contributed by atoms with Gasteiger partial charge < -0.3 is 14.2 Å². The van der Waals surface area contributed by atoms with Gasteiger partial charge in [-0.2, -0.15) is 0 Å². The van der Waals surface area contributed by atoms with Crippen molar-refractivity contribution in [2.75, 3.05) is 20.2 Å². The van der Waals surface area contributed by atoms with Crippen LogP contribution in [0.15, 0.2) is 10.9 Å². The number of rotatable bonds is 3. The molecule has 3 rings (SSSR count). The summed E-state index contributed by atoms with van der Waals surface area (Å²) in [5.74, 6) is -0.0355. The summed E-state index contributed by atoms with van der Waals surface area (Å²) in [7, 11) is 1.55.